The van der Waals surface area contributed by atoms with Gasteiger partial charge in [0, 0.05) is 12.8 Å². The number of nitrogens with two attached hydrogens (primary N) is 1. The molecule has 0 aromatic carbocycles. The van der Waals surface area contributed by atoms with Crippen LogP contribution in [-0.2, 0) is 0 Å². The molecule has 0 spiro atoms. The maximum Gasteiger partial charge on any atom is 0.0644 e. The molecule has 10 heavy (non-hydrogen) atoms. The van der Waals surface area contributed by atoms with Crippen LogP contribution in [0.1, 0.15) is 27.2 Å². The Labute approximate surface area is 63.0 Å². The third-order valence-corrected chi connectivity index (χ3v) is 0.611. The van der Waals surface area contributed by atoms with Crippen molar-refractivity contribution >= 4 is 12.4 Å². The summed E-state index contributed by atoms with van der Waals surface area (Å²) in [7, 11) is 0. The lowest BCUT2D eigenvalue weighted by Crippen LogP contribution is -1.84. The van der Waals surface area contributed by atoms with E-state index >= 15 is 0 Å². The van der Waals surface area contributed by atoms with Crippen molar-refractivity contribution in [2.75, 3.05) is 6.54 Å². The number of rotatable bonds is 3. The van der Waals surface area contributed by atoms with Gasteiger partial charge in [0.15, 0.2) is 0 Å². The molecule has 0 aliphatic rings. The van der Waals surface area contributed by atoms with E-state index in [9.17, 15) is 0 Å². The molecule has 2 N–H and O–H groups in total. The normalized spacial score (nSPS) is 9.90. The number of aliphatic imine (C=N–C) groups is 1. The Morgan fingerprint density at radius 1 is 1.30 bits per heavy atom. The second-order valence-electron chi connectivity index (χ2n) is 1.35. The zero-order chi connectivity index (χ0) is 8.24. The molecule has 0 radical (unpaired) electrons. The van der Waals surface area contributed by atoms with Crippen LogP contribution in [0.3, 0.4) is 0 Å². The molecule has 0 bridgehead atoms. The number of hydrogen-bond donors (Lipinski definition) is 1. The minimum Gasteiger partial charge on any atom is -0.323 e. The van der Waals surface area contributed by atoms with Crippen LogP contribution in [0.5, 0.6) is 0 Å². The van der Waals surface area contributed by atoms with Crippen LogP contribution in [0.2, 0.25) is 0 Å². The Bertz CT molecular complexity index is 86.9. The van der Waals surface area contributed by atoms with Gasteiger partial charge in [-0.1, -0.05) is 20.8 Å². The topological polar surface area (TPSA) is 50.7 Å². The minimum absolute atomic E-state index is 0.853. The van der Waals surface area contributed by atoms with E-state index in [2.05, 4.69) is 17.0 Å². The largest absolute Gasteiger partial charge is 0.323 e. The van der Waals surface area contributed by atoms with Crippen molar-refractivity contribution in [1.29, 1.82) is 0 Å². The fraction of sp³-hybridized carbons (Fsp3) is 0.714. The number of nitrogens with zero attached hydrogens (tertiary/aromatic N) is 2. The van der Waals surface area contributed by atoms with Crippen LogP contribution in [0, 0.1) is 0 Å². The van der Waals surface area contributed by atoms with Crippen molar-refractivity contribution in [2.45, 2.75) is 27.2 Å². The fourth-order valence-electron chi connectivity index (χ4n) is 0.289. The molecule has 3 heteroatoms. The predicted octanol–water partition coefficient (Wildman–Crippen LogP) is 1.44. The highest BCUT2D eigenvalue weighted by atomic mass is 15.1. The summed E-state index contributed by atoms with van der Waals surface area (Å²) in [5.74, 6) is 4.79. The molecule has 0 heterocycles. The van der Waals surface area contributed by atoms with Gasteiger partial charge in [-0.05, 0) is 6.42 Å². The highest BCUT2D eigenvalue weighted by molar-refractivity contribution is 6.15. The number of hydrogen-bond acceptors (Lipinski definition) is 3. The first-order valence-electron chi connectivity index (χ1n) is 3.63. The van der Waals surface area contributed by atoms with Gasteiger partial charge in [-0.2, -0.15) is 5.10 Å². The average molecular weight is 143 g/mol. The fourth-order valence-corrected chi connectivity index (χ4v) is 0.289. The lowest BCUT2D eigenvalue weighted by Gasteiger charge is -1.79. The molecule has 0 rings (SSSR count). The Hall–Kier alpha value is -0.860. The van der Waals surface area contributed by atoms with Crippen LogP contribution in [0.25, 0.3) is 0 Å². The first-order valence-corrected chi connectivity index (χ1v) is 3.63. The van der Waals surface area contributed by atoms with E-state index in [0.29, 0.717) is 0 Å². The van der Waals surface area contributed by atoms with Crippen molar-refractivity contribution in [3.63, 3.8) is 0 Å². The smallest absolute Gasteiger partial charge is 0.0644 e. The first-order chi connectivity index (χ1) is 4.91. The maximum atomic E-state index is 4.79. The monoisotopic (exact) mass is 143 g/mol. The van der Waals surface area contributed by atoms with Crippen LogP contribution in [0.15, 0.2) is 10.1 Å². The van der Waals surface area contributed by atoms with Gasteiger partial charge >= 0.3 is 0 Å². The first kappa shape index (κ1) is 11.9. The van der Waals surface area contributed by atoms with Crippen molar-refractivity contribution in [1.82, 2.24) is 0 Å². The highest BCUT2D eigenvalue weighted by Crippen LogP contribution is 1.72. The second kappa shape index (κ2) is 15.7. The molecule has 60 valence electrons. The third kappa shape index (κ3) is 15.7. The Balaban J connectivity index is 0. The van der Waals surface area contributed by atoms with Crippen molar-refractivity contribution < 1.29 is 0 Å². The summed E-state index contributed by atoms with van der Waals surface area (Å²) in [6, 6.07) is 0. The van der Waals surface area contributed by atoms with Gasteiger partial charge in [-0.3, -0.25) is 4.99 Å². The molecule has 0 aliphatic carbocycles. The van der Waals surface area contributed by atoms with E-state index in [-0.39, 0.29) is 0 Å². The Morgan fingerprint density at radius 2 is 1.90 bits per heavy atom. The van der Waals surface area contributed by atoms with Gasteiger partial charge in [0.1, 0.15) is 0 Å². The maximum absolute atomic E-state index is 4.79. The van der Waals surface area contributed by atoms with Crippen LogP contribution < -0.4 is 5.84 Å². The SMILES string of the molecule is CC.CCCN=C/C=N\N. The molecule has 0 unspecified atom stereocenters. The summed E-state index contributed by atoms with van der Waals surface area (Å²) in [5.41, 5.74) is 0. The van der Waals surface area contributed by atoms with Crippen molar-refractivity contribution in [3.05, 3.63) is 0 Å². The van der Waals surface area contributed by atoms with Gasteiger partial charge in [0.25, 0.3) is 0 Å². The van der Waals surface area contributed by atoms with Crippen molar-refractivity contribution in [2.24, 2.45) is 15.9 Å². The molecule has 0 aromatic rings. The van der Waals surface area contributed by atoms with Crippen LogP contribution in [0.4, 0.5) is 0 Å². The number of hydrazone groups is 1. The highest BCUT2D eigenvalue weighted by Gasteiger charge is 1.67. The molecule has 0 saturated carbocycles. The van der Waals surface area contributed by atoms with Crippen LogP contribution >= 0.6 is 0 Å². The predicted molar refractivity (Wildman–Crippen MR) is 47.7 cm³/mol. The van der Waals surface area contributed by atoms with Crippen LogP contribution in [-0.4, -0.2) is 19.0 Å². The summed E-state index contributed by atoms with van der Waals surface area (Å²) in [6.07, 6.45) is 4.13. The zero-order valence-electron chi connectivity index (χ0n) is 7.04. The molecule has 3 nitrogen and oxygen atoms in total. The minimum atomic E-state index is 0.853. The lowest BCUT2D eigenvalue weighted by molar-refractivity contribution is 0.938. The standard InChI is InChI=1S/C5H11N3.C2H6/c1-2-3-7-4-5-8-6;1-2/h4-5H,2-3,6H2,1H3;1-2H3/b7-4?,8-5-;. The molecule has 0 aliphatic heterocycles. The summed E-state index contributed by atoms with van der Waals surface area (Å²) < 4.78 is 0. The van der Waals surface area contributed by atoms with Gasteiger partial charge in [-0.15, -0.1) is 0 Å². The Kier molecular flexibility index (Phi) is 18.7. The van der Waals surface area contributed by atoms with E-state index < -0.39 is 0 Å². The molecular formula is C7H17N3. The molecule has 0 aromatic heterocycles. The quantitative estimate of drug-likeness (QED) is 0.363. The van der Waals surface area contributed by atoms with Gasteiger partial charge < -0.3 is 5.84 Å². The van der Waals surface area contributed by atoms with E-state index in [0.717, 1.165) is 13.0 Å². The second-order valence-corrected chi connectivity index (χ2v) is 1.35. The summed E-state index contributed by atoms with van der Waals surface area (Å²) in [4.78, 5) is 3.93. The molecule has 0 atom stereocenters. The molecular weight excluding hydrogens is 126 g/mol. The zero-order valence-corrected chi connectivity index (χ0v) is 7.04. The van der Waals surface area contributed by atoms with Gasteiger partial charge in [0.05, 0.1) is 6.21 Å². The van der Waals surface area contributed by atoms with E-state index in [1.807, 2.05) is 13.8 Å². The molecule has 0 fully saturated rings. The van der Waals surface area contributed by atoms with Gasteiger partial charge in [-0.25, -0.2) is 0 Å². The Morgan fingerprint density at radius 3 is 2.30 bits per heavy atom. The van der Waals surface area contributed by atoms with Gasteiger partial charge in [0.2, 0.25) is 0 Å². The molecule has 0 saturated heterocycles. The lowest BCUT2D eigenvalue weighted by atomic mass is 10.5. The summed E-state index contributed by atoms with van der Waals surface area (Å²) >= 11 is 0. The average Bonchev–Trinajstić information content (AvgIpc) is 2.02. The van der Waals surface area contributed by atoms with E-state index in [1.165, 1.54) is 6.21 Å². The molecule has 0 amide bonds. The summed E-state index contributed by atoms with van der Waals surface area (Å²) in [6.45, 7) is 6.92. The van der Waals surface area contributed by atoms with E-state index in [1.54, 1.807) is 6.21 Å². The van der Waals surface area contributed by atoms with Crippen molar-refractivity contribution in [3.8, 4) is 0 Å². The third-order valence-electron chi connectivity index (χ3n) is 0.611. The summed E-state index contributed by atoms with van der Waals surface area (Å²) in [5, 5.41) is 3.23. The van der Waals surface area contributed by atoms with E-state index in [4.69, 9.17) is 5.84 Å².